The van der Waals surface area contributed by atoms with Crippen molar-refractivity contribution < 1.29 is 0 Å². The number of thiophene rings is 1. The minimum atomic E-state index is -0.0612. The van der Waals surface area contributed by atoms with Gasteiger partial charge >= 0.3 is 0 Å². The van der Waals surface area contributed by atoms with Gasteiger partial charge in [0.15, 0.2) is 0 Å². The molecule has 0 saturated carbocycles. The van der Waals surface area contributed by atoms with E-state index in [2.05, 4.69) is 34.3 Å². The van der Waals surface area contributed by atoms with Crippen LogP contribution < -0.4 is 10.9 Å². The minimum absolute atomic E-state index is 0.0612. The number of aromatic nitrogens is 4. The van der Waals surface area contributed by atoms with E-state index >= 15 is 0 Å². The van der Waals surface area contributed by atoms with Crippen LogP contribution in [0.3, 0.4) is 0 Å². The van der Waals surface area contributed by atoms with Gasteiger partial charge in [0.1, 0.15) is 10.5 Å². The van der Waals surface area contributed by atoms with Crippen LogP contribution in [0.1, 0.15) is 44.2 Å². The van der Waals surface area contributed by atoms with Crippen molar-refractivity contribution in [2.75, 3.05) is 0 Å². The van der Waals surface area contributed by atoms with Crippen LogP contribution in [0.15, 0.2) is 17.1 Å². The summed E-state index contributed by atoms with van der Waals surface area (Å²) in [5.41, 5.74) is 2.80. The Morgan fingerprint density at radius 3 is 2.87 bits per heavy atom. The van der Waals surface area contributed by atoms with Gasteiger partial charge in [0.25, 0.3) is 5.56 Å². The first kappa shape index (κ1) is 14.6. The molecule has 0 bridgehead atoms. The Morgan fingerprint density at radius 2 is 2.22 bits per heavy atom. The highest BCUT2D eigenvalue weighted by Crippen LogP contribution is 2.34. The summed E-state index contributed by atoms with van der Waals surface area (Å²) in [5, 5.41) is 10.5. The van der Waals surface area contributed by atoms with Crippen molar-refractivity contribution in [2.24, 2.45) is 0 Å². The molecule has 0 amide bonds. The van der Waals surface area contributed by atoms with Gasteiger partial charge in [0.05, 0.1) is 17.8 Å². The van der Waals surface area contributed by atoms with E-state index in [4.69, 9.17) is 4.98 Å². The fraction of sp³-hybridized carbons (Fsp3) is 0.438. The van der Waals surface area contributed by atoms with Crippen molar-refractivity contribution >= 4 is 21.6 Å². The van der Waals surface area contributed by atoms with Crippen molar-refractivity contribution in [3.63, 3.8) is 0 Å². The van der Waals surface area contributed by atoms with E-state index in [-0.39, 0.29) is 17.1 Å². The molecule has 0 radical (unpaired) electrons. The Balaban J connectivity index is 1.79. The lowest BCUT2D eigenvalue weighted by Gasteiger charge is -2.19. The lowest BCUT2D eigenvalue weighted by atomic mass is 10.0. The summed E-state index contributed by atoms with van der Waals surface area (Å²) in [7, 11) is 0. The molecule has 1 aliphatic rings. The normalized spacial score (nSPS) is 20.4. The van der Waals surface area contributed by atoms with Gasteiger partial charge in [0.2, 0.25) is 0 Å². The lowest BCUT2D eigenvalue weighted by Crippen LogP contribution is -2.34. The Labute approximate surface area is 137 Å². The quantitative estimate of drug-likeness (QED) is 0.675. The fourth-order valence-corrected chi connectivity index (χ4v) is 4.24. The monoisotopic (exact) mass is 329 g/mol. The van der Waals surface area contributed by atoms with Crippen molar-refractivity contribution in [1.29, 1.82) is 0 Å². The third-order valence-electron chi connectivity index (χ3n) is 4.45. The van der Waals surface area contributed by atoms with Gasteiger partial charge in [0, 0.05) is 21.7 Å². The minimum Gasteiger partial charge on any atom is -0.308 e. The smallest absolute Gasteiger partial charge is 0.268 e. The molecular formula is C16H19N5OS. The summed E-state index contributed by atoms with van der Waals surface area (Å²) in [6, 6.07) is 2.09. The number of nitrogens with zero attached hydrogens (tertiary/aromatic N) is 2. The highest BCUT2D eigenvalue weighted by Gasteiger charge is 2.32. The molecule has 6 nitrogen and oxygen atoms in total. The van der Waals surface area contributed by atoms with Crippen molar-refractivity contribution in [3.8, 4) is 10.4 Å². The first-order valence-corrected chi connectivity index (χ1v) is 8.56. The highest BCUT2D eigenvalue weighted by molar-refractivity contribution is 7.22. The average molecular weight is 329 g/mol. The number of hydrogen-bond donors (Lipinski definition) is 3. The third-order valence-corrected chi connectivity index (χ3v) is 5.61. The molecule has 1 fully saturated rings. The fourth-order valence-electron chi connectivity index (χ4n) is 3.18. The van der Waals surface area contributed by atoms with E-state index in [9.17, 15) is 4.79 Å². The van der Waals surface area contributed by atoms with Crippen LogP contribution in [-0.4, -0.2) is 25.7 Å². The molecule has 23 heavy (non-hydrogen) atoms. The molecule has 0 unspecified atom stereocenters. The maximum Gasteiger partial charge on any atom is 0.268 e. The predicted molar refractivity (Wildman–Crippen MR) is 91.7 cm³/mol. The summed E-state index contributed by atoms with van der Waals surface area (Å²) in [6.45, 7) is 6.32. The zero-order valence-electron chi connectivity index (χ0n) is 13.4. The first-order valence-electron chi connectivity index (χ1n) is 7.75. The van der Waals surface area contributed by atoms with Crippen LogP contribution in [-0.2, 0) is 0 Å². The number of hydrogen-bond acceptors (Lipinski definition) is 5. The van der Waals surface area contributed by atoms with Gasteiger partial charge < -0.3 is 10.3 Å². The number of H-pyrrole nitrogens is 2. The summed E-state index contributed by atoms with van der Waals surface area (Å²) >= 11 is 1.46. The number of fused-ring (bicyclic) bond motifs is 1. The Bertz CT molecular complexity index is 935. The molecule has 4 rings (SSSR count). The van der Waals surface area contributed by atoms with Crippen LogP contribution in [0.25, 0.3) is 20.7 Å². The van der Waals surface area contributed by atoms with E-state index in [1.165, 1.54) is 11.3 Å². The van der Waals surface area contributed by atoms with E-state index in [0.29, 0.717) is 4.70 Å². The second kappa shape index (κ2) is 5.01. The number of nitrogens with one attached hydrogen (secondary N) is 3. The molecule has 1 atom stereocenters. The zero-order valence-corrected chi connectivity index (χ0v) is 14.2. The molecule has 4 heterocycles. The standard InChI is InChI=1S/C16H19N5OS/c1-8-9(7-17-21-8)12-6-11-13(23-12)15(22)19-14(18-11)10-4-5-16(2,3)20-10/h6-7,10,20H,4-5H2,1-3H3,(H,17,21)(H,18,19,22)/t10-/m0/s1. The Hall–Kier alpha value is -1.99. The average Bonchev–Trinajstić information content (AvgIpc) is 3.16. The molecule has 0 aliphatic carbocycles. The molecule has 0 aromatic carbocycles. The summed E-state index contributed by atoms with van der Waals surface area (Å²) < 4.78 is 0.668. The van der Waals surface area contributed by atoms with Crippen molar-refractivity contribution in [3.05, 3.63) is 34.1 Å². The predicted octanol–water partition coefficient (Wildman–Crippen LogP) is 2.89. The molecule has 7 heteroatoms. The molecule has 3 aromatic rings. The Kier molecular flexibility index (Phi) is 3.18. The van der Waals surface area contributed by atoms with Crippen LogP contribution in [0.5, 0.6) is 0 Å². The Morgan fingerprint density at radius 1 is 1.39 bits per heavy atom. The van der Waals surface area contributed by atoms with Crippen LogP contribution in [0, 0.1) is 6.92 Å². The van der Waals surface area contributed by atoms with E-state index < -0.39 is 0 Å². The molecule has 0 spiro atoms. The van der Waals surface area contributed by atoms with Crippen molar-refractivity contribution in [2.45, 2.75) is 45.2 Å². The molecule has 1 aliphatic heterocycles. The molecule has 3 N–H and O–H groups in total. The largest absolute Gasteiger partial charge is 0.308 e. The number of aryl methyl sites for hydroxylation is 1. The van der Waals surface area contributed by atoms with Crippen LogP contribution in [0.2, 0.25) is 0 Å². The lowest BCUT2D eigenvalue weighted by molar-refractivity contribution is 0.426. The second-order valence-corrected chi connectivity index (χ2v) is 7.86. The second-order valence-electron chi connectivity index (χ2n) is 6.80. The SMILES string of the molecule is Cc1[nH]ncc1-c1cc2nc([C@@H]3CCC(C)(C)N3)[nH]c(=O)c2s1. The first-order chi connectivity index (χ1) is 10.9. The topological polar surface area (TPSA) is 86.5 Å². The van der Waals surface area contributed by atoms with Crippen LogP contribution >= 0.6 is 11.3 Å². The highest BCUT2D eigenvalue weighted by atomic mass is 32.1. The summed E-state index contributed by atoms with van der Waals surface area (Å²) in [4.78, 5) is 21.1. The van der Waals surface area contributed by atoms with Gasteiger partial charge in [-0.05, 0) is 39.7 Å². The molecule has 3 aromatic heterocycles. The van der Waals surface area contributed by atoms with Gasteiger partial charge in [-0.3, -0.25) is 9.89 Å². The van der Waals surface area contributed by atoms with Gasteiger partial charge in [-0.2, -0.15) is 5.10 Å². The summed E-state index contributed by atoms with van der Waals surface area (Å²) in [6.07, 6.45) is 3.85. The van der Waals surface area contributed by atoms with Gasteiger partial charge in [-0.25, -0.2) is 4.98 Å². The number of rotatable bonds is 2. The van der Waals surface area contributed by atoms with E-state index in [0.717, 1.165) is 40.3 Å². The molecular weight excluding hydrogens is 310 g/mol. The number of aromatic amines is 2. The van der Waals surface area contributed by atoms with E-state index in [1.54, 1.807) is 6.20 Å². The van der Waals surface area contributed by atoms with E-state index in [1.807, 2.05) is 13.0 Å². The van der Waals surface area contributed by atoms with Gasteiger partial charge in [-0.15, -0.1) is 11.3 Å². The molecule has 120 valence electrons. The maximum atomic E-state index is 12.4. The maximum absolute atomic E-state index is 12.4. The third kappa shape index (κ3) is 2.49. The summed E-state index contributed by atoms with van der Waals surface area (Å²) in [5.74, 6) is 0.737. The zero-order chi connectivity index (χ0) is 16.2. The van der Waals surface area contributed by atoms with Crippen LogP contribution in [0.4, 0.5) is 0 Å². The molecule has 1 saturated heterocycles. The van der Waals surface area contributed by atoms with Crippen molar-refractivity contribution in [1.82, 2.24) is 25.5 Å². The van der Waals surface area contributed by atoms with Gasteiger partial charge in [-0.1, -0.05) is 0 Å².